The van der Waals surface area contributed by atoms with Crippen LogP contribution in [0, 0.1) is 11.6 Å². The topological polar surface area (TPSA) is 32.3 Å². The lowest BCUT2D eigenvalue weighted by molar-refractivity contribution is 0.0928. The number of hydrogen-bond acceptors (Lipinski definition) is 2. The number of likely N-dealkylation sites (N-methyl/N-ethyl adjacent to an activating group) is 1. The number of nitrogens with one attached hydrogen (secondary N) is 1. The summed E-state index contributed by atoms with van der Waals surface area (Å²) in [5, 5.41) is 3.65. The molecule has 1 heterocycles. The first-order chi connectivity index (χ1) is 11.9. The summed E-state index contributed by atoms with van der Waals surface area (Å²) in [6.07, 6.45) is 0.692. The molecular formula is C18H16Cl2F2N2O. The molecule has 2 aromatic carbocycles. The van der Waals surface area contributed by atoms with Crippen molar-refractivity contribution in [1.29, 1.82) is 0 Å². The molecule has 2 aromatic rings. The number of hydrogen-bond donors (Lipinski definition) is 1. The number of carbonyl (C=O) groups is 1. The van der Waals surface area contributed by atoms with E-state index in [0.29, 0.717) is 22.6 Å². The molecule has 0 saturated carbocycles. The number of halogens is 4. The van der Waals surface area contributed by atoms with Gasteiger partial charge in [-0.15, -0.1) is 0 Å². The molecule has 1 aliphatic rings. The van der Waals surface area contributed by atoms with Crippen molar-refractivity contribution in [3.8, 4) is 0 Å². The number of likely N-dealkylation sites (tertiary alicyclic amines) is 1. The highest BCUT2D eigenvalue weighted by Crippen LogP contribution is 2.32. The molecule has 0 unspecified atom stereocenters. The highest BCUT2D eigenvalue weighted by molar-refractivity contribution is 6.36. The normalized spacial score (nSPS) is 20.7. The lowest BCUT2D eigenvalue weighted by Crippen LogP contribution is -2.39. The van der Waals surface area contributed by atoms with Gasteiger partial charge in [-0.1, -0.05) is 29.3 Å². The van der Waals surface area contributed by atoms with E-state index in [0.717, 1.165) is 12.6 Å². The second-order valence-corrected chi connectivity index (χ2v) is 6.94. The Kier molecular flexibility index (Phi) is 5.27. The van der Waals surface area contributed by atoms with Crippen LogP contribution in [0.25, 0.3) is 0 Å². The van der Waals surface area contributed by atoms with Gasteiger partial charge in [0.1, 0.15) is 0 Å². The van der Waals surface area contributed by atoms with Crippen molar-refractivity contribution in [1.82, 2.24) is 10.2 Å². The quantitative estimate of drug-likeness (QED) is 0.847. The highest BCUT2D eigenvalue weighted by atomic mass is 35.5. The Labute approximate surface area is 154 Å². The van der Waals surface area contributed by atoms with Crippen LogP contribution < -0.4 is 5.32 Å². The monoisotopic (exact) mass is 384 g/mol. The van der Waals surface area contributed by atoms with Gasteiger partial charge in [0.2, 0.25) is 0 Å². The molecule has 0 aromatic heterocycles. The maximum atomic E-state index is 13.6. The van der Waals surface area contributed by atoms with Gasteiger partial charge in [-0.25, -0.2) is 8.78 Å². The van der Waals surface area contributed by atoms with Gasteiger partial charge in [-0.05, 0) is 49.4 Å². The van der Waals surface area contributed by atoms with Crippen LogP contribution in [0.3, 0.4) is 0 Å². The fraction of sp³-hybridized carbons (Fsp3) is 0.278. The lowest BCUT2D eigenvalue weighted by Gasteiger charge is -2.26. The van der Waals surface area contributed by atoms with E-state index in [1.165, 1.54) is 12.1 Å². The second kappa shape index (κ2) is 7.28. The molecule has 2 atom stereocenters. The molecule has 3 nitrogen and oxygen atoms in total. The van der Waals surface area contributed by atoms with E-state index in [-0.39, 0.29) is 23.0 Å². The molecule has 0 spiro atoms. The van der Waals surface area contributed by atoms with E-state index < -0.39 is 11.6 Å². The van der Waals surface area contributed by atoms with E-state index in [1.807, 2.05) is 11.9 Å². The van der Waals surface area contributed by atoms with Crippen LogP contribution in [0.2, 0.25) is 10.0 Å². The van der Waals surface area contributed by atoms with Crippen LogP contribution in [0.1, 0.15) is 28.4 Å². The van der Waals surface area contributed by atoms with Crippen molar-refractivity contribution in [2.75, 3.05) is 13.6 Å². The summed E-state index contributed by atoms with van der Waals surface area (Å²) < 4.78 is 26.8. The fourth-order valence-electron chi connectivity index (χ4n) is 3.20. The number of rotatable bonds is 3. The molecule has 0 bridgehead atoms. The van der Waals surface area contributed by atoms with Gasteiger partial charge in [-0.3, -0.25) is 9.69 Å². The molecular weight excluding hydrogens is 369 g/mol. The molecule has 7 heteroatoms. The first-order valence-electron chi connectivity index (χ1n) is 7.78. The molecule has 132 valence electrons. The number of amides is 1. The van der Waals surface area contributed by atoms with Gasteiger partial charge in [0, 0.05) is 11.6 Å². The minimum absolute atomic E-state index is 0.242. The molecule has 1 N–H and O–H groups in total. The van der Waals surface area contributed by atoms with E-state index in [1.54, 1.807) is 18.2 Å². The van der Waals surface area contributed by atoms with Gasteiger partial charge in [0.25, 0.3) is 5.91 Å². The third kappa shape index (κ3) is 3.78. The fourth-order valence-corrected chi connectivity index (χ4v) is 3.70. The molecule has 3 rings (SSSR count). The van der Waals surface area contributed by atoms with E-state index in [9.17, 15) is 13.6 Å². The Hall–Kier alpha value is -1.69. The summed E-state index contributed by atoms with van der Waals surface area (Å²) in [6.45, 7) is 0.725. The van der Waals surface area contributed by atoms with Gasteiger partial charge in [0.05, 0.1) is 22.7 Å². The Morgan fingerprint density at radius 2 is 1.92 bits per heavy atom. The van der Waals surface area contributed by atoms with E-state index >= 15 is 0 Å². The van der Waals surface area contributed by atoms with Gasteiger partial charge in [0.15, 0.2) is 11.6 Å². The zero-order chi connectivity index (χ0) is 18.1. The number of nitrogens with zero attached hydrogens (tertiary/aromatic N) is 1. The summed E-state index contributed by atoms with van der Waals surface area (Å²) in [5.74, 6) is -2.11. The van der Waals surface area contributed by atoms with Crippen LogP contribution in [0.15, 0.2) is 36.4 Å². The van der Waals surface area contributed by atoms with Crippen molar-refractivity contribution in [2.24, 2.45) is 0 Å². The predicted octanol–water partition coefficient (Wildman–Crippen LogP) is 4.45. The Balaban J connectivity index is 1.83. The minimum Gasteiger partial charge on any atom is -0.347 e. The third-order valence-electron chi connectivity index (χ3n) is 4.43. The third-order valence-corrected chi connectivity index (χ3v) is 4.97. The maximum absolute atomic E-state index is 13.6. The largest absolute Gasteiger partial charge is 0.347 e. The predicted molar refractivity (Wildman–Crippen MR) is 94.1 cm³/mol. The van der Waals surface area contributed by atoms with Crippen molar-refractivity contribution in [3.63, 3.8) is 0 Å². The summed E-state index contributed by atoms with van der Waals surface area (Å²) in [6, 6.07) is 7.99. The average Bonchev–Trinajstić information content (AvgIpc) is 2.90. The standard InChI is InChI=1S/C18H16Cl2F2N2O/c1-24-7-6-16(17(24)10-2-5-14(21)15(22)8-10)23-18(25)12-4-3-11(19)9-13(12)20/h2-5,8-9,16-17H,6-7H2,1H3,(H,23,25)/t16-,17+/m0/s1. The number of benzene rings is 2. The van der Waals surface area contributed by atoms with Crippen molar-refractivity contribution < 1.29 is 13.6 Å². The lowest BCUT2D eigenvalue weighted by atomic mass is 9.99. The Morgan fingerprint density at radius 3 is 2.60 bits per heavy atom. The molecule has 1 saturated heterocycles. The van der Waals surface area contributed by atoms with Gasteiger partial charge in [-0.2, -0.15) is 0 Å². The summed E-state index contributed by atoms with van der Waals surface area (Å²) in [5.41, 5.74) is 0.941. The smallest absolute Gasteiger partial charge is 0.253 e. The van der Waals surface area contributed by atoms with Gasteiger partial charge < -0.3 is 5.32 Å². The highest BCUT2D eigenvalue weighted by Gasteiger charge is 2.34. The SMILES string of the molecule is CN1CC[C@H](NC(=O)c2ccc(Cl)cc2Cl)[C@H]1c1ccc(F)c(F)c1. The van der Waals surface area contributed by atoms with E-state index in [2.05, 4.69) is 5.32 Å². The zero-order valence-corrected chi connectivity index (χ0v) is 14.9. The van der Waals surface area contributed by atoms with E-state index in [4.69, 9.17) is 23.2 Å². The first kappa shape index (κ1) is 18.1. The van der Waals surface area contributed by atoms with Crippen LogP contribution in [-0.4, -0.2) is 30.4 Å². The number of carbonyl (C=O) groups excluding carboxylic acids is 1. The zero-order valence-electron chi connectivity index (χ0n) is 13.4. The van der Waals surface area contributed by atoms with Crippen molar-refractivity contribution >= 4 is 29.1 Å². The minimum atomic E-state index is -0.899. The van der Waals surface area contributed by atoms with Crippen molar-refractivity contribution in [2.45, 2.75) is 18.5 Å². The summed E-state index contributed by atoms with van der Waals surface area (Å²) >= 11 is 11.9. The van der Waals surface area contributed by atoms with Crippen LogP contribution >= 0.6 is 23.2 Å². The molecule has 1 amide bonds. The summed E-state index contributed by atoms with van der Waals surface area (Å²) in [4.78, 5) is 14.5. The second-order valence-electron chi connectivity index (χ2n) is 6.09. The van der Waals surface area contributed by atoms with Crippen LogP contribution in [0.4, 0.5) is 8.78 Å². The van der Waals surface area contributed by atoms with Crippen LogP contribution in [0.5, 0.6) is 0 Å². The average molecular weight is 385 g/mol. The first-order valence-corrected chi connectivity index (χ1v) is 8.53. The Morgan fingerprint density at radius 1 is 1.16 bits per heavy atom. The Bertz CT molecular complexity index is 816. The molecule has 0 radical (unpaired) electrons. The molecule has 1 fully saturated rings. The summed E-state index contributed by atoms with van der Waals surface area (Å²) in [7, 11) is 1.88. The van der Waals surface area contributed by atoms with Crippen molar-refractivity contribution in [3.05, 3.63) is 69.2 Å². The molecule has 0 aliphatic carbocycles. The van der Waals surface area contributed by atoms with Gasteiger partial charge >= 0.3 is 0 Å². The maximum Gasteiger partial charge on any atom is 0.253 e. The molecule has 25 heavy (non-hydrogen) atoms. The molecule has 1 aliphatic heterocycles. The van der Waals surface area contributed by atoms with Crippen LogP contribution in [-0.2, 0) is 0 Å².